The number of amidine groups is 1. The summed E-state index contributed by atoms with van der Waals surface area (Å²) in [6.07, 6.45) is 8.00. The number of hydrogen-bond acceptors (Lipinski definition) is 5. The van der Waals surface area contributed by atoms with Crippen molar-refractivity contribution < 1.29 is 10.5 Å². The first kappa shape index (κ1) is 20.4. The molecular weight excluding hydrogens is 372 g/mol. The van der Waals surface area contributed by atoms with Crippen molar-refractivity contribution in [1.82, 2.24) is 20.0 Å². The lowest BCUT2D eigenvalue weighted by Crippen LogP contribution is -2.41. The second-order valence-corrected chi connectivity index (χ2v) is 8.09. The van der Waals surface area contributed by atoms with Gasteiger partial charge in [0, 0.05) is 43.7 Å². The molecule has 1 aliphatic rings. The average molecular weight is 402 g/mol. The molecule has 7 nitrogen and oxygen atoms in total. The summed E-state index contributed by atoms with van der Waals surface area (Å²) in [6, 6.07) is 5.42. The van der Waals surface area contributed by atoms with Gasteiger partial charge in [-0.1, -0.05) is 6.07 Å². The summed E-state index contributed by atoms with van der Waals surface area (Å²) in [4.78, 5) is 2.10. The van der Waals surface area contributed by atoms with Crippen LogP contribution in [0.15, 0.2) is 30.6 Å². The number of nitrogens with one attached hydrogen (secondary N) is 2. The summed E-state index contributed by atoms with van der Waals surface area (Å²) >= 11 is 1.22. The second kappa shape index (κ2) is 9.75. The van der Waals surface area contributed by atoms with E-state index in [1.165, 1.54) is 11.8 Å². The van der Waals surface area contributed by atoms with Crippen LogP contribution >= 0.6 is 11.8 Å². The largest absolute Gasteiger partial charge is 0.507 e. The highest BCUT2D eigenvalue weighted by Gasteiger charge is 2.20. The smallest absolute Gasteiger partial charge is 0.250 e. The fourth-order valence-electron chi connectivity index (χ4n) is 3.26. The molecule has 3 rings (SSSR count). The van der Waals surface area contributed by atoms with Crippen molar-refractivity contribution in [1.29, 1.82) is 5.41 Å². The molecule has 2 heterocycles. The van der Waals surface area contributed by atoms with E-state index in [0.29, 0.717) is 15.8 Å². The summed E-state index contributed by atoms with van der Waals surface area (Å²) in [5, 5.41) is 33.7. The van der Waals surface area contributed by atoms with Crippen LogP contribution in [0.4, 0.5) is 0 Å². The van der Waals surface area contributed by atoms with Crippen LogP contribution in [0.5, 0.6) is 5.75 Å². The minimum Gasteiger partial charge on any atom is -0.507 e. The van der Waals surface area contributed by atoms with Crippen LogP contribution in [0.25, 0.3) is 11.1 Å². The zero-order chi connectivity index (χ0) is 19.9. The van der Waals surface area contributed by atoms with Crippen molar-refractivity contribution in [3.05, 3.63) is 36.2 Å². The second-order valence-electron chi connectivity index (χ2n) is 7.06. The van der Waals surface area contributed by atoms with E-state index in [1.807, 2.05) is 25.4 Å². The third-order valence-electron chi connectivity index (χ3n) is 4.86. The molecule has 0 saturated carbocycles. The van der Waals surface area contributed by atoms with Gasteiger partial charge in [-0.15, -0.1) is 0 Å². The lowest BCUT2D eigenvalue weighted by Gasteiger charge is -2.25. The quantitative estimate of drug-likeness (QED) is 0.450. The first-order chi connectivity index (χ1) is 13.5. The first-order valence-electron chi connectivity index (χ1n) is 9.71. The topological polar surface area (TPSA) is 103 Å². The van der Waals surface area contributed by atoms with Crippen molar-refractivity contribution in [2.45, 2.75) is 25.7 Å². The van der Waals surface area contributed by atoms with E-state index in [1.54, 1.807) is 16.9 Å². The van der Waals surface area contributed by atoms with Crippen LogP contribution in [-0.4, -0.2) is 56.2 Å². The zero-order valence-corrected chi connectivity index (χ0v) is 17.1. The monoisotopic (exact) mass is 401 g/mol. The molecule has 0 unspecified atom stereocenters. The molecule has 1 aliphatic heterocycles. The van der Waals surface area contributed by atoms with Gasteiger partial charge in [0.2, 0.25) is 5.04 Å². The van der Waals surface area contributed by atoms with E-state index >= 15 is 0 Å². The Kier molecular flexibility index (Phi) is 7.11. The highest BCUT2D eigenvalue weighted by Crippen LogP contribution is 2.28. The predicted molar refractivity (Wildman–Crippen MR) is 115 cm³/mol. The summed E-state index contributed by atoms with van der Waals surface area (Å²) in [7, 11) is 1.86. The van der Waals surface area contributed by atoms with Crippen LogP contribution < -0.4 is 10.7 Å². The Labute approximate surface area is 170 Å². The Morgan fingerprint density at radius 2 is 1.89 bits per heavy atom. The highest BCUT2D eigenvalue weighted by molar-refractivity contribution is 8.26. The van der Waals surface area contributed by atoms with Gasteiger partial charge in [-0.3, -0.25) is 10.1 Å². The zero-order valence-electron chi connectivity index (χ0n) is 16.3. The number of aromatic hydroxyl groups is 1. The van der Waals surface area contributed by atoms with Gasteiger partial charge >= 0.3 is 0 Å². The molecule has 28 heavy (non-hydrogen) atoms. The molecule has 1 aromatic heterocycles. The molecule has 0 amide bonds. The van der Waals surface area contributed by atoms with Gasteiger partial charge in [-0.25, -0.2) is 5.41 Å². The van der Waals surface area contributed by atoms with Crippen LogP contribution in [0.1, 0.15) is 31.2 Å². The number of thioether (sulfide) groups is 1. The number of phenols is 1. The fraction of sp³-hybridized carbons (Fsp3) is 0.450. The SMILES string of the molecule is Cn1cc(-c2ccc(C(=[NH2+])SC(=N)N3CCCCNCCCC3)c(O)c2)cn1. The maximum absolute atomic E-state index is 10.5. The Hall–Kier alpha value is -2.32. The van der Waals surface area contributed by atoms with Crippen molar-refractivity contribution in [2.75, 3.05) is 26.2 Å². The van der Waals surface area contributed by atoms with Gasteiger partial charge in [0.1, 0.15) is 5.75 Å². The molecule has 0 spiro atoms. The molecule has 8 heteroatoms. The molecule has 2 aromatic rings. The minimum absolute atomic E-state index is 0.117. The van der Waals surface area contributed by atoms with Crippen LogP contribution in [-0.2, 0) is 7.05 Å². The summed E-state index contributed by atoms with van der Waals surface area (Å²) in [6.45, 7) is 3.82. The van der Waals surface area contributed by atoms with Crippen LogP contribution in [0.3, 0.4) is 0 Å². The first-order valence-corrected chi connectivity index (χ1v) is 10.5. The standard InChI is InChI=1S/C20H28N6OS/c1-25-14-16(13-24-25)15-6-7-17(18(27)12-15)19(21)28-20(22)26-10-4-2-8-23-9-3-5-11-26/h6-7,12-14,21-23,27H,2-5,8-11H2,1H3/p+1. The summed E-state index contributed by atoms with van der Waals surface area (Å²) < 4.78 is 1.72. The number of phenolic OH excluding ortho intramolecular Hbond substituents is 1. The van der Waals surface area contributed by atoms with Gasteiger partial charge < -0.3 is 15.3 Å². The number of nitrogens with zero attached hydrogens (tertiary/aromatic N) is 3. The lowest BCUT2D eigenvalue weighted by atomic mass is 10.1. The molecule has 0 aliphatic carbocycles. The molecular formula is C20H29N6OS+. The third kappa shape index (κ3) is 5.36. The van der Waals surface area contributed by atoms with Crippen LogP contribution in [0.2, 0.25) is 0 Å². The van der Waals surface area contributed by atoms with Crippen molar-refractivity contribution >= 4 is 22.0 Å². The molecule has 0 atom stereocenters. The number of benzene rings is 1. The van der Waals surface area contributed by atoms with Gasteiger partial charge in [-0.05, 0) is 56.5 Å². The third-order valence-corrected chi connectivity index (χ3v) is 5.75. The molecule has 1 aromatic carbocycles. The number of nitrogens with two attached hydrogens (primary N) is 1. The van der Waals surface area contributed by atoms with E-state index in [0.717, 1.165) is 63.0 Å². The predicted octanol–water partition coefficient (Wildman–Crippen LogP) is 1.43. The number of hydrogen-bond donors (Lipinski definition) is 4. The normalized spacial score (nSPS) is 16.0. The highest BCUT2D eigenvalue weighted by atomic mass is 32.2. The summed E-state index contributed by atoms with van der Waals surface area (Å²) in [5.74, 6) is 0.117. The number of rotatable bonds is 2. The van der Waals surface area contributed by atoms with E-state index in [-0.39, 0.29) is 5.75 Å². The van der Waals surface area contributed by atoms with Crippen molar-refractivity contribution in [3.63, 3.8) is 0 Å². The Morgan fingerprint density at radius 3 is 2.50 bits per heavy atom. The van der Waals surface area contributed by atoms with Gasteiger partial charge in [0.05, 0.1) is 11.8 Å². The average Bonchev–Trinajstić information content (AvgIpc) is 3.12. The van der Waals surface area contributed by atoms with E-state index in [2.05, 4.69) is 15.3 Å². The van der Waals surface area contributed by atoms with Gasteiger partial charge in [0.25, 0.3) is 0 Å². The van der Waals surface area contributed by atoms with E-state index in [9.17, 15) is 5.11 Å². The fourth-order valence-corrected chi connectivity index (χ4v) is 4.06. The Bertz CT molecular complexity index is 824. The molecule has 5 N–H and O–H groups in total. The molecule has 0 bridgehead atoms. The van der Waals surface area contributed by atoms with Crippen molar-refractivity contribution in [2.24, 2.45) is 7.05 Å². The van der Waals surface area contributed by atoms with Gasteiger partial charge in [0.15, 0.2) is 5.17 Å². The minimum atomic E-state index is 0.117. The van der Waals surface area contributed by atoms with E-state index < -0.39 is 0 Å². The Morgan fingerprint density at radius 1 is 1.18 bits per heavy atom. The van der Waals surface area contributed by atoms with Crippen molar-refractivity contribution in [3.8, 4) is 16.9 Å². The number of aromatic nitrogens is 2. The number of aryl methyl sites for hydroxylation is 1. The Balaban J connectivity index is 1.65. The maximum Gasteiger partial charge on any atom is 0.250 e. The molecule has 1 fully saturated rings. The lowest BCUT2D eigenvalue weighted by molar-refractivity contribution is -0.107. The molecule has 1 saturated heterocycles. The van der Waals surface area contributed by atoms with E-state index in [4.69, 9.17) is 10.8 Å². The summed E-state index contributed by atoms with van der Waals surface area (Å²) in [5.41, 5.74) is 2.38. The van der Waals surface area contributed by atoms with Gasteiger partial charge in [-0.2, -0.15) is 5.10 Å². The molecule has 150 valence electrons. The molecule has 0 radical (unpaired) electrons. The van der Waals surface area contributed by atoms with Crippen LogP contribution in [0, 0.1) is 5.41 Å². The maximum atomic E-state index is 10.5.